The van der Waals surface area contributed by atoms with Crippen LogP contribution < -0.4 is 4.72 Å². The lowest BCUT2D eigenvalue weighted by atomic mass is 10.2. The number of carbonyl (C=O) groups excluding carboxylic acids is 2. The molecule has 0 bridgehead atoms. The van der Waals surface area contributed by atoms with Gasteiger partial charge in [-0.05, 0) is 34.1 Å². The second-order valence-electron chi connectivity index (χ2n) is 4.57. The van der Waals surface area contributed by atoms with E-state index in [1.807, 2.05) is 6.92 Å². The average Bonchev–Trinajstić information content (AvgIpc) is 2.20. The van der Waals surface area contributed by atoms with Crippen LogP contribution in [-0.2, 0) is 14.3 Å². The second-order valence-corrected chi connectivity index (χ2v) is 5.35. The molecule has 0 amide bonds. The maximum atomic E-state index is 11.3. The van der Waals surface area contributed by atoms with E-state index in [-0.39, 0.29) is 5.97 Å². The molecule has 6 heteroatoms. The van der Waals surface area contributed by atoms with Crippen molar-refractivity contribution in [1.29, 1.82) is 0 Å². The molecule has 1 atom stereocenters. The van der Waals surface area contributed by atoms with Gasteiger partial charge in [-0.15, -0.1) is 0 Å². The van der Waals surface area contributed by atoms with E-state index in [1.54, 1.807) is 27.7 Å². The molecular weight excluding hydrogens is 242 g/mol. The first kappa shape index (κ1) is 16.2. The fourth-order valence-corrected chi connectivity index (χ4v) is 1.44. The van der Waals surface area contributed by atoms with Crippen molar-refractivity contribution in [3.05, 3.63) is 0 Å². The summed E-state index contributed by atoms with van der Waals surface area (Å²) in [6.45, 7) is 9.29. The van der Waals surface area contributed by atoms with Gasteiger partial charge in [0.15, 0.2) is 0 Å². The molecule has 1 N–H and O–H groups in total. The van der Waals surface area contributed by atoms with E-state index in [4.69, 9.17) is 9.47 Å². The van der Waals surface area contributed by atoms with Gasteiger partial charge in [-0.3, -0.25) is 4.79 Å². The lowest BCUT2D eigenvalue weighted by Gasteiger charge is -2.19. The molecule has 0 aromatic carbocycles. The minimum Gasteiger partial charge on any atom is -0.465 e. The van der Waals surface area contributed by atoms with Crippen molar-refractivity contribution in [2.24, 2.45) is 0 Å². The van der Waals surface area contributed by atoms with Gasteiger partial charge in [-0.2, -0.15) is 0 Å². The van der Waals surface area contributed by atoms with Crippen LogP contribution in [0.15, 0.2) is 0 Å². The summed E-state index contributed by atoms with van der Waals surface area (Å²) >= 11 is 0.761. The van der Waals surface area contributed by atoms with Gasteiger partial charge in [0.25, 0.3) is 0 Å². The van der Waals surface area contributed by atoms with E-state index >= 15 is 0 Å². The predicted molar refractivity (Wildman–Crippen MR) is 67.7 cm³/mol. The number of ether oxygens (including phenoxy) is 2. The summed E-state index contributed by atoms with van der Waals surface area (Å²) in [5, 5.41) is -0.465. The van der Waals surface area contributed by atoms with E-state index < -0.39 is 16.9 Å². The average molecular weight is 263 g/mol. The summed E-state index contributed by atoms with van der Waals surface area (Å²) in [4.78, 5) is 22.7. The van der Waals surface area contributed by atoms with Crippen molar-refractivity contribution in [1.82, 2.24) is 4.72 Å². The van der Waals surface area contributed by atoms with E-state index in [0.717, 1.165) is 18.4 Å². The molecule has 17 heavy (non-hydrogen) atoms. The summed E-state index contributed by atoms with van der Waals surface area (Å²) in [6, 6.07) is -0.543. The van der Waals surface area contributed by atoms with Crippen LogP contribution in [0.25, 0.3) is 0 Å². The molecule has 100 valence electrons. The maximum Gasteiger partial charge on any atom is 0.383 e. The largest absolute Gasteiger partial charge is 0.465 e. The topological polar surface area (TPSA) is 64.6 Å². The Balaban J connectivity index is 3.87. The van der Waals surface area contributed by atoms with Gasteiger partial charge >= 0.3 is 11.3 Å². The number of esters is 1. The Bertz CT molecular complexity index is 263. The Morgan fingerprint density at radius 2 is 1.94 bits per heavy atom. The Labute approximate surface area is 107 Å². The summed E-state index contributed by atoms with van der Waals surface area (Å²) in [6.07, 6.45) is 0.775. The van der Waals surface area contributed by atoms with Crippen LogP contribution in [0.2, 0.25) is 0 Å². The third-order valence-corrected chi connectivity index (χ3v) is 2.23. The minimum absolute atomic E-state index is 0.372. The smallest absolute Gasteiger partial charge is 0.383 e. The molecule has 0 spiro atoms. The third-order valence-electron chi connectivity index (χ3n) is 1.51. The third kappa shape index (κ3) is 9.00. The highest BCUT2D eigenvalue weighted by Crippen LogP contribution is 2.13. The van der Waals surface area contributed by atoms with Crippen molar-refractivity contribution in [3.63, 3.8) is 0 Å². The molecule has 0 aliphatic heterocycles. The zero-order valence-corrected chi connectivity index (χ0v) is 11.8. The summed E-state index contributed by atoms with van der Waals surface area (Å²) in [5.74, 6) is -0.372. The Morgan fingerprint density at radius 1 is 1.35 bits per heavy atom. The zero-order valence-electron chi connectivity index (χ0n) is 11.0. The molecule has 0 radical (unpaired) electrons. The summed E-state index contributed by atoms with van der Waals surface area (Å²) in [7, 11) is 0. The highest BCUT2D eigenvalue weighted by atomic mass is 32.2. The van der Waals surface area contributed by atoms with Crippen molar-refractivity contribution in [3.8, 4) is 0 Å². The van der Waals surface area contributed by atoms with Gasteiger partial charge in [0.05, 0.1) is 6.61 Å². The first-order valence-corrected chi connectivity index (χ1v) is 6.40. The van der Waals surface area contributed by atoms with Crippen LogP contribution in [0, 0.1) is 0 Å². The molecule has 0 heterocycles. The SMILES string of the molecule is CCCOC(=O)[C@H](C)NSC(=O)OC(C)(C)C. The predicted octanol–water partition coefficient (Wildman–Crippen LogP) is 2.50. The van der Waals surface area contributed by atoms with E-state index in [0.29, 0.717) is 6.61 Å². The van der Waals surface area contributed by atoms with Crippen molar-refractivity contribution < 1.29 is 19.1 Å². The Morgan fingerprint density at radius 3 is 2.41 bits per heavy atom. The number of hydrogen-bond donors (Lipinski definition) is 1. The first-order valence-electron chi connectivity index (χ1n) is 5.58. The number of hydrogen-bond acceptors (Lipinski definition) is 6. The maximum absolute atomic E-state index is 11.3. The second kappa shape index (κ2) is 7.55. The highest BCUT2D eigenvalue weighted by molar-refractivity contribution is 8.11. The van der Waals surface area contributed by atoms with Crippen LogP contribution in [0.5, 0.6) is 0 Å². The van der Waals surface area contributed by atoms with E-state index in [9.17, 15) is 9.59 Å². The van der Waals surface area contributed by atoms with Crippen LogP contribution >= 0.6 is 11.9 Å². The van der Waals surface area contributed by atoms with Gasteiger partial charge in [0.2, 0.25) is 0 Å². The van der Waals surface area contributed by atoms with Crippen LogP contribution in [0.1, 0.15) is 41.0 Å². The molecule has 0 fully saturated rings. The summed E-state index contributed by atoms with van der Waals surface area (Å²) < 4.78 is 12.7. The van der Waals surface area contributed by atoms with Gasteiger partial charge in [0.1, 0.15) is 11.6 Å². The molecule has 0 rings (SSSR count). The van der Waals surface area contributed by atoms with Crippen LogP contribution in [0.3, 0.4) is 0 Å². The zero-order chi connectivity index (χ0) is 13.5. The van der Waals surface area contributed by atoms with Crippen LogP contribution in [0.4, 0.5) is 4.79 Å². The number of nitrogens with one attached hydrogen (secondary N) is 1. The fraction of sp³-hybridized carbons (Fsp3) is 0.818. The normalized spacial score (nSPS) is 13.0. The van der Waals surface area contributed by atoms with E-state index in [1.165, 1.54) is 0 Å². The quantitative estimate of drug-likeness (QED) is 0.607. The van der Waals surface area contributed by atoms with Crippen molar-refractivity contribution in [2.45, 2.75) is 52.7 Å². The number of carbonyl (C=O) groups is 2. The monoisotopic (exact) mass is 263 g/mol. The van der Waals surface area contributed by atoms with Gasteiger partial charge in [-0.25, -0.2) is 9.52 Å². The highest BCUT2D eigenvalue weighted by Gasteiger charge is 2.20. The van der Waals surface area contributed by atoms with Crippen LogP contribution in [-0.4, -0.2) is 29.5 Å². The first-order chi connectivity index (χ1) is 7.76. The fourth-order valence-electron chi connectivity index (χ4n) is 0.783. The molecule has 0 saturated carbocycles. The van der Waals surface area contributed by atoms with Crippen molar-refractivity contribution >= 4 is 23.2 Å². The summed E-state index contributed by atoms with van der Waals surface area (Å²) in [5.41, 5.74) is -0.530. The van der Waals surface area contributed by atoms with E-state index in [2.05, 4.69) is 4.72 Å². The molecular formula is C11H21NO4S. The molecule has 0 aromatic rings. The number of rotatable bonds is 5. The van der Waals surface area contributed by atoms with Crippen molar-refractivity contribution in [2.75, 3.05) is 6.61 Å². The molecule has 0 aliphatic rings. The minimum atomic E-state index is -0.543. The molecule has 0 aromatic heterocycles. The Kier molecular flexibility index (Phi) is 7.22. The molecule has 0 saturated heterocycles. The molecule has 0 aliphatic carbocycles. The Hall–Kier alpha value is -0.750. The molecule has 0 unspecified atom stereocenters. The van der Waals surface area contributed by atoms with Gasteiger partial charge in [-0.1, -0.05) is 6.92 Å². The standard InChI is InChI=1S/C11H21NO4S/c1-6-7-15-9(13)8(2)12-17-10(14)16-11(3,4)5/h8,12H,6-7H2,1-5H3/t8-/m0/s1. The van der Waals surface area contributed by atoms with Gasteiger partial charge in [0, 0.05) is 11.9 Å². The lowest BCUT2D eigenvalue weighted by Crippen LogP contribution is -2.33. The lowest BCUT2D eigenvalue weighted by molar-refractivity contribution is -0.145. The molecule has 5 nitrogen and oxygen atoms in total. The van der Waals surface area contributed by atoms with Gasteiger partial charge < -0.3 is 9.47 Å².